The number of benzene rings is 3. The third-order valence-corrected chi connectivity index (χ3v) is 4.25. The van der Waals surface area contributed by atoms with Crippen LogP contribution in [-0.2, 0) is 5.41 Å². The zero-order chi connectivity index (χ0) is 14.4. The average Bonchev–Trinajstić information content (AvgIpc) is 2.83. The molecule has 0 heterocycles. The molecule has 0 saturated carbocycles. The molecule has 3 aromatic carbocycles. The van der Waals surface area contributed by atoms with E-state index in [1.165, 1.54) is 0 Å². The molecule has 2 heteroatoms. The molecule has 0 aromatic heterocycles. The third-order valence-electron chi connectivity index (χ3n) is 4.25. The van der Waals surface area contributed by atoms with Crippen molar-refractivity contribution in [2.45, 2.75) is 5.41 Å². The zero-order valence-corrected chi connectivity index (χ0v) is 11.2. The van der Waals surface area contributed by atoms with Crippen LogP contribution >= 0.6 is 0 Å². The van der Waals surface area contributed by atoms with Gasteiger partial charge in [0.15, 0.2) is 5.41 Å². The molecule has 1 aliphatic rings. The van der Waals surface area contributed by atoms with E-state index >= 15 is 0 Å². The lowest BCUT2D eigenvalue weighted by molar-refractivity contribution is 0.880. The van der Waals surface area contributed by atoms with Crippen molar-refractivity contribution < 1.29 is 0 Å². The van der Waals surface area contributed by atoms with Gasteiger partial charge in [0, 0.05) is 0 Å². The quantitative estimate of drug-likeness (QED) is 0.613. The van der Waals surface area contributed by atoms with Crippen LogP contribution in [0.25, 0.3) is 21.9 Å². The molecule has 2 nitrogen and oxygen atoms in total. The number of hydrogen-bond donors (Lipinski definition) is 0. The van der Waals surface area contributed by atoms with Gasteiger partial charge in [0.05, 0.1) is 12.1 Å². The summed E-state index contributed by atoms with van der Waals surface area (Å²) >= 11 is 0. The van der Waals surface area contributed by atoms with E-state index < -0.39 is 5.41 Å². The minimum Gasteiger partial charge on any atom is -0.196 e. The van der Waals surface area contributed by atoms with Crippen LogP contribution in [0.3, 0.4) is 0 Å². The van der Waals surface area contributed by atoms with Crippen molar-refractivity contribution in [2.24, 2.45) is 0 Å². The van der Waals surface area contributed by atoms with Gasteiger partial charge in [-0.05, 0) is 45.2 Å². The maximum atomic E-state index is 9.71. The van der Waals surface area contributed by atoms with Crippen LogP contribution in [0.5, 0.6) is 0 Å². The molecule has 3 aromatic rings. The minimum atomic E-state index is -1.20. The van der Waals surface area contributed by atoms with E-state index in [1.807, 2.05) is 48.5 Å². The Hall–Kier alpha value is -3.10. The molecular formula is C19H10N2. The maximum Gasteiger partial charge on any atom is 0.194 e. The van der Waals surface area contributed by atoms with Crippen molar-refractivity contribution in [3.05, 3.63) is 71.8 Å². The Bertz CT molecular complexity index is 957. The molecule has 0 atom stereocenters. The number of hydrogen-bond acceptors (Lipinski definition) is 2. The summed E-state index contributed by atoms with van der Waals surface area (Å²) in [5, 5.41) is 21.6. The van der Waals surface area contributed by atoms with Gasteiger partial charge >= 0.3 is 0 Å². The fraction of sp³-hybridized carbons (Fsp3) is 0.0526. The molecule has 0 aliphatic heterocycles. The second-order valence-electron chi connectivity index (χ2n) is 5.26. The average molecular weight is 266 g/mol. The topological polar surface area (TPSA) is 47.6 Å². The summed E-state index contributed by atoms with van der Waals surface area (Å²) in [4.78, 5) is 0. The lowest BCUT2D eigenvalue weighted by Gasteiger charge is -2.14. The molecule has 0 fully saturated rings. The Kier molecular flexibility index (Phi) is 2.20. The second-order valence-corrected chi connectivity index (χ2v) is 5.26. The van der Waals surface area contributed by atoms with Crippen LogP contribution in [0.4, 0.5) is 0 Å². The Morgan fingerprint density at radius 1 is 0.667 bits per heavy atom. The molecule has 4 rings (SSSR count). The highest BCUT2D eigenvalue weighted by atomic mass is 14.5. The first kappa shape index (κ1) is 11.7. The van der Waals surface area contributed by atoms with E-state index in [1.54, 1.807) is 0 Å². The zero-order valence-electron chi connectivity index (χ0n) is 11.2. The largest absolute Gasteiger partial charge is 0.196 e. The summed E-state index contributed by atoms with van der Waals surface area (Å²) in [6.45, 7) is 0. The summed E-state index contributed by atoms with van der Waals surface area (Å²) in [5.41, 5.74) is 2.37. The molecular weight excluding hydrogens is 256 g/mol. The smallest absolute Gasteiger partial charge is 0.194 e. The van der Waals surface area contributed by atoms with Crippen molar-refractivity contribution in [1.29, 1.82) is 10.5 Å². The summed E-state index contributed by atoms with van der Waals surface area (Å²) in [7, 11) is 0. The Balaban J connectivity index is 2.20. The maximum absolute atomic E-state index is 9.71. The number of nitrogens with zero attached hydrogens (tertiary/aromatic N) is 2. The molecule has 96 valence electrons. The minimum absolute atomic E-state index is 0.792. The number of nitriles is 2. The van der Waals surface area contributed by atoms with Crippen LogP contribution in [-0.4, -0.2) is 0 Å². The van der Waals surface area contributed by atoms with Crippen LogP contribution in [0.2, 0.25) is 0 Å². The van der Waals surface area contributed by atoms with Crippen LogP contribution in [0.15, 0.2) is 60.7 Å². The van der Waals surface area contributed by atoms with Gasteiger partial charge in [0.1, 0.15) is 0 Å². The first-order chi connectivity index (χ1) is 10.3. The standard InChI is InChI=1S/C19H10N2/c20-11-19(12-21)17-8-4-3-7-15(17)16-9-13-5-1-2-6-14(13)10-18(16)19/h1-10H. The van der Waals surface area contributed by atoms with E-state index in [2.05, 4.69) is 24.3 Å². The molecule has 0 N–H and O–H groups in total. The Labute approximate surface area is 122 Å². The highest BCUT2D eigenvalue weighted by Crippen LogP contribution is 2.49. The van der Waals surface area contributed by atoms with Crippen molar-refractivity contribution in [3.63, 3.8) is 0 Å². The fourth-order valence-electron chi connectivity index (χ4n) is 3.23. The van der Waals surface area contributed by atoms with E-state index in [9.17, 15) is 10.5 Å². The molecule has 0 radical (unpaired) electrons. The van der Waals surface area contributed by atoms with E-state index in [4.69, 9.17) is 0 Å². The Morgan fingerprint density at radius 3 is 2.00 bits per heavy atom. The summed E-state index contributed by atoms with van der Waals surface area (Å²) in [5.74, 6) is 0. The normalized spacial score (nSPS) is 14.0. The molecule has 0 amide bonds. The van der Waals surface area contributed by atoms with Crippen molar-refractivity contribution >= 4 is 10.8 Å². The van der Waals surface area contributed by atoms with Gasteiger partial charge in [-0.2, -0.15) is 10.5 Å². The summed E-state index contributed by atoms with van der Waals surface area (Å²) < 4.78 is 0. The molecule has 21 heavy (non-hydrogen) atoms. The molecule has 1 aliphatic carbocycles. The fourth-order valence-corrected chi connectivity index (χ4v) is 3.23. The van der Waals surface area contributed by atoms with Crippen molar-refractivity contribution in [1.82, 2.24) is 0 Å². The first-order valence-electron chi connectivity index (χ1n) is 6.76. The Morgan fingerprint density at radius 2 is 1.29 bits per heavy atom. The van der Waals surface area contributed by atoms with Crippen LogP contribution < -0.4 is 0 Å². The van der Waals surface area contributed by atoms with Gasteiger partial charge in [-0.15, -0.1) is 0 Å². The summed E-state index contributed by atoms with van der Waals surface area (Å²) in [6, 6.07) is 24.3. The second kappa shape index (κ2) is 3.95. The van der Waals surface area contributed by atoms with Gasteiger partial charge in [0.25, 0.3) is 0 Å². The monoisotopic (exact) mass is 266 g/mol. The van der Waals surface area contributed by atoms with Crippen molar-refractivity contribution in [2.75, 3.05) is 0 Å². The van der Waals surface area contributed by atoms with Gasteiger partial charge < -0.3 is 0 Å². The third kappa shape index (κ3) is 1.34. The summed E-state index contributed by atoms with van der Waals surface area (Å²) in [6.07, 6.45) is 0. The van der Waals surface area contributed by atoms with Crippen molar-refractivity contribution in [3.8, 4) is 23.3 Å². The van der Waals surface area contributed by atoms with Gasteiger partial charge in [0.2, 0.25) is 0 Å². The lowest BCUT2D eigenvalue weighted by Crippen LogP contribution is -2.20. The van der Waals surface area contributed by atoms with Crippen LogP contribution in [0, 0.1) is 22.7 Å². The molecule has 0 spiro atoms. The first-order valence-corrected chi connectivity index (χ1v) is 6.76. The van der Waals surface area contributed by atoms with Crippen LogP contribution in [0.1, 0.15) is 11.1 Å². The van der Waals surface area contributed by atoms with E-state index in [0.29, 0.717) is 0 Å². The van der Waals surface area contributed by atoms with Gasteiger partial charge in [-0.3, -0.25) is 0 Å². The SMILES string of the molecule is N#CC1(C#N)c2ccccc2-c2cc3ccccc3cc21. The molecule has 0 unspecified atom stereocenters. The lowest BCUT2D eigenvalue weighted by atomic mass is 9.80. The van der Waals surface area contributed by atoms with Gasteiger partial charge in [-0.25, -0.2) is 0 Å². The van der Waals surface area contributed by atoms with Gasteiger partial charge in [-0.1, -0.05) is 48.5 Å². The van der Waals surface area contributed by atoms with E-state index in [0.717, 1.165) is 33.0 Å². The highest BCUT2D eigenvalue weighted by Gasteiger charge is 2.44. The highest BCUT2D eigenvalue weighted by molar-refractivity contribution is 5.95. The molecule has 0 saturated heterocycles. The molecule has 0 bridgehead atoms. The number of fused-ring (bicyclic) bond motifs is 4. The predicted octanol–water partition coefficient (Wildman–Crippen LogP) is 4.15. The van der Waals surface area contributed by atoms with E-state index in [-0.39, 0.29) is 0 Å². The number of rotatable bonds is 0. The predicted molar refractivity (Wildman–Crippen MR) is 81.4 cm³/mol.